The second-order valence-electron chi connectivity index (χ2n) is 4.11. The molecule has 0 unspecified atom stereocenters. The Morgan fingerprint density at radius 2 is 2.13 bits per heavy atom. The Hall–Kier alpha value is -1.20. The smallest absolute Gasteiger partial charge is 0.259 e. The minimum Gasteiger partial charge on any atom is -0.334 e. The number of thiophene rings is 1. The third-order valence-corrected chi connectivity index (χ3v) is 2.95. The monoisotopic (exact) mass is 223 g/mol. The Labute approximate surface area is 92.1 Å². The van der Waals surface area contributed by atoms with Crippen LogP contribution in [0.2, 0.25) is 0 Å². The van der Waals surface area contributed by atoms with Gasteiger partial charge in [-0.1, -0.05) is 5.16 Å². The lowest BCUT2D eigenvalue weighted by Gasteiger charge is -2.11. The molecule has 0 spiro atoms. The van der Waals surface area contributed by atoms with E-state index in [9.17, 15) is 0 Å². The SMILES string of the molecule is Cc1cscc1-c1nc(C(C)(C)N)no1. The summed E-state index contributed by atoms with van der Waals surface area (Å²) in [5, 5.41) is 7.92. The Bertz CT molecular complexity index is 467. The molecule has 2 heterocycles. The Kier molecular flexibility index (Phi) is 2.36. The fraction of sp³-hybridized carbons (Fsp3) is 0.400. The molecule has 0 aliphatic carbocycles. The highest BCUT2D eigenvalue weighted by Crippen LogP contribution is 2.26. The summed E-state index contributed by atoms with van der Waals surface area (Å²) in [6.07, 6.45) is 0. The summed E-state index contributed by atoms with van der Waals surface area (Å²) in [5.41, 5.74) is 7.45. The molecule has 0 saturated heterocycles. The lowest BCUT2D eigenvalue weighted by atomic mass is 10.1. The fourth-order valence-corrected chi connectivity index (χ4v) is 2.00. The van der Waals surface area contributed by atoms with Crippen LogP contribution in [0.15, 0.2) is 15.3 Å². The van der Waals surface area contributed by atoms with Gasteiger partial charge >= 0.3 is 0 Å². The second-order valence-corrected chi connectivity index (χ2v) is 4.86. The van der Waals surface area contributed by atoms with E-state index >= 15 is 0 Å². The molecule has 4 nitrogen and oxygen atoms in total. The van der Waals surface area contributed by atoms with E-state index in [1.807, 2.05) is 31.5 Å². The van der Waals surface area contributed by atoms with Crippen molar-refractivity contribution in [1.82, 2.24) is 10.1 Å². The Balaban J connectivity index is 2.41. The van der Waals surface area contributed by atoms with E-state index < -0.39 is 5.54 Å². The number of nitrogens with zero attached hydrogens (tertiary/aromatic N) is 2. The van der Waals surface area contributed by atoms with Gasteiger partial charge in [0.25, 0.3) is 5.89 Å². The van der Waals surface area contributed by atoms with Gasteiger partial charge in [-0.15, -0.1) is 0 Å². The largest absolute Gasteiger partial charge is 0.334 e. The zero-order valence-corrected chi connectivity index (χ0v) is 9.76. The molecule has 0 aliphatic heterocycles. The molecule has 0 fully saturated rings. The molecule has 0 bridgehead atoms. The van der Waals surface area contributed by atoms with Crippen molar-refractivity contribution in [1.29, 1.82) is 0 Å². The van der Waals surface area contributed by atoms with Crippen LogP contribution in [-0.2, 0) is 5.54 Å². The molecule has 2 N–H and O–H groups in total. The molecule has 15 heavy (non-hydrogen) atoms. The van der Waals surface area contributed by atoms with Crippen molar-refractivity contribution in [2.24, 2.45) is 5.73 Å². The standard InChI is InChI=1S/C10H13N3OS/c1-6-4-15-5-7(6)8-12-9(13-14-8)10(2,3)11/h4-5H,11H2,1-3H3. The normalized spacial score (nSPS) is 12.0. The van der Waals surface area contributed by atoms with Gasteiger partial charge in [0, 0.05) is 5.38 Å². The van der Waals surface area contributed by atoms with Crippen molar-refractivity contribution in [3.05, 3.63) is 22.1 Å². The van der Waals surface area contributed by atoms with Gasteiger partial charge in [-0.3, -0.25) is 0 Å². The molecule has 0 radical (unpaired) electrons. The molecule has 80 valence electrons. The van der Waals surface area contributed by atoms with Gasteiger partial charge in [-0.05, 0) is 31.7 Å². The van der Waals surface area contributed by atoms with Crippen molar-refractivity contribution < 1.29 is 4.52 Å². The van der Waals surface area contributed by atoms with Crippen molar-refractivity contribution in [3.63, 3.8) is 0 Å². The quantitative estimate of drug-likeness (QED) is 0.848. The molecule has 0 aromatic carbocycles. The van der Waals surface area contributed by atoms with Crippen molar-refractivity contribution in [2.75, 3.05) is 0 Å². The highest BCUT2D eigenvalue weighted by molar-refractivity contribution is 7.08. The highest BCUT2D eigenvalue weighted by atomic mass is 32.1. The lowest BCUT2D eigenvalue weighted by Crippen LogP contribution is -2.30. The van der Waals surface area contributed by atoms with Crippen molar-refractivity contribution in [3.8, 4) is 11.5 Å². The van der Waals surface area contributed by atoms with E-state index in [1.165, 1.54) is 0 Å². The van der Waals surface area contributed by atoms with Crippen LogP contribution in [0.5, 0.6) is 0 Å². The first-order chi connectivity index (χ1) is 6.98. The number of hydrogen-bond acceptors (Lipinski definition) is 5. The summed E-state index contributed by atoms with van der Waals surface area (Å²) < 4.78 is 5.18. The minimum absolute atomic E-state index is 0.531. The van der Waals surface area contributed by atoms with E-state index in [2.05, 4.69) is 10.1 Å². The summed E-state index contributed by atoms with van der Waals surface area (Å²) >= 11 is 1.62. The molecule has 2 aromatic heterocycles. The topological polar surface area (TPSA) is 64.9 Å². The van der Waals surface area contributed by atoms with Crippen LogP contribution in [-0.4, -0.2) is 10.1 Å². The van der Waals surface area contributed by atoms with Gasteiger partial charge in [-0.25, -0.2) is 0 Å². The molecular weight excluding hydrogens is 210 g/mol. The summed E-state index contributed by atoms with van der Waals surface area (Å²) in [7, 11) is 0. The summed E-state index contributed by atoms with van der Waals surface area (Å²) in [6.45, 7) is 5.72. The van der Waals surface area contributed by atoms with Crippen LogP contribution in [0, 0.1) is 6.92 Å². The first kappa shape index (κ1) is 10.3. The van der Waals surface area contributed by atoms with Gasteiger partial charge in [0.05, 0.1) is 11.1 Å². The van der Waals surface area contributed by atoms with E-state index in [0.717, 1.165) is 11.1 Å². The van der Waals surface area contributed by atoms with Gasteiger partial charge < -0.3 is 10.3 Å². The van der Waals surface area contributed by atoms with E-state index in [4.69, 9.17) is 10.3 Å². The van der Waals surface area contributed by atoms with Crippen LogP contribution >= 0.6 is 11.3 Å². The van der Waals surface area contributed by atoms with Gasteiger partial charge in [0.15, 0.2) is 5.82 Å². The van der Waals surface area contributed by atoms with E-state index in [-0.39, 0.29) is 0 Å². The zero-order valence-electron chi connectivity index (χ0n) is 8.94. The van der Waals surface area contributed by atoms with Crippen LogP contribution in [0.3, 0.4) is 0 Å². The molecule has 5 heteroatoms. The number of nitrogens with two attached hydrogens (primary N) is 1. The molecule has 0 aliphatic rings. The number of aromatic nitrogens is 2. The van der Waals surface area contributed by atoms with E-state index in [1.54, 1.807) is 11.3 Å². The summed E-state index contributed by atoms with van der Waals surface area (Å²) in [4.78, 5) is 4.29. The van der Waals surface area contributed by atoms with Crippen molar-refractivity contribution in [2.45, 2.75) is 26.3 Å². The number of hydrogen-bond donors (Lipinski definition) is 1. The van der Waals surface area contributed by atoms with Crippen molar-refractivity contribution >= 4 is 11.3 Å². The molecule has 2 rings (SSSR count). The summed E-state index contributed by atoms with van der Waals surface area (Å²) in [5.74, 6) is 1.07. The third kappa shape index (κ3) is 1.93. The average Bonchev–Trinajstić information content (AvgIpc) is 2.69. The average molecular weight is 223 g/mol. The van der Waals surface area contributed by atoms with Crippen LogP contribution in [0.1, 0.15) is 25.2 Å². The summed E-state index contributed by atoms with van der Waals surface area (Å²) in [6, 6.07) is 0. The molecule has 0 atom stereocenters. The van der Waals surface area contributed by atoms with Gasteiger partial charge in [-0.2, -0.15) is 16.3 Å². The predicted octanol–water partition coefficient (Wildman–Crippen LogP) is 2.30. The maximum absolute atomic E-state index is 5.88. The van der Waals surface area contributed by atoms with Gasteiger partial charge in [0.2, 0.25) is 0 Å². The van der Waals surface area contributed by atoms with Crippen LogP contribution in [0.25, 0.3) is 11.5 Å². The number of aryl methyl sites for hydroxylation is 1. The fourth-order valence-electron chi connectivity index (χ4n) is 1.17. The maximum Gasteiger partial charge on any atom is 0.259 e. The van der Waals surface area contributed by atoms with Crippen LogP contribution in [0.4, 0.5) is 0 Å². The van der Waals surface area contributed by atoms with Crippen LogP contribution < -0.4 is 5.73 Å². The lowest BCUT2D eigenvalue weighted by molar-refractivity contribution is 0.397. The zero-order chi connectivity index (χ0) is 11.1. The molecule has 2 aromatic rings. The maximum atomic E-state index is 5.88. The molecule has 0 amide bonds. The number of rotatable bonds is 2. The first-order valence-electron chi connectivity index (χ1n) is 4.64. The van der Waals surface area contributed by atoms with E-state index in [0.29, 0.717) is 11.7 Å². The molecule has 0 saturated carbocycles. The highest BCUT2D eigenvalue weighted by Gasteiger charge is 2.22. The first-order valence-corrected chi connectivity index (χ1v) is 5.59. The van der Waals surface area contributed by atoms with Gasteiger partial charge in [0.1, 0.15) is 0 Å². The predicted molar refractivity (Wildman–Crippen MR) is 59.6 cm³/mol. The second kappa shape index (κ2) is 3.43. The molecular formula is C10H13N3OS. The third-order valence-electron chi connectivity index (χ3n) is 2.09. The Morgan fingerprint density at radius 3 is 2.60 bits per heavy atom. The Morgan fingerprint density at radius 1 is 1.40 bits per heavy atom. The minimum atomic E-state index is -0.564.